The minimum Gasteiger partial charge on any atom is -0.455 e. The third-order valence-electron chi connectivity index (χ3n) is 9.81. The highest BCUT2D eigenvalue weighted by Gasteiger charge is 2.17. The van der Waals surface area contributed by atoms with Gasteiger partial charge in [0.05, 0.1) is 22.4 Å². The normalized spacial score (nSPS) is 11.6. The van der Waals surface area contributed by atoms with Gasteiger partial charge in [0.2, 0.25) is 0 Å². The smallest absolute Gasteiger partial charge is 0.144 e. The van der Waals surface area contributed by atoms with E-state index in [9.17, 15) is 0 Å². The summed E-state index contributed by atoms with van der Waals surface area (Å²) in [6, 6.07) is 64.3. The maximum atomic E-state index is 6.50. The Hall–Kier alpha value is -6.71. The molecule has 0 aliphatic heterocycles. The molecule has 10 aromatic rings. The fourth-order valence-corrected chi connectivity index (χ4v) is 7.40. The molecule has 0 radical (unpaired) electrons. The molecule has 3 heterocycles. The highest BCUT2D eigenvalue weighted by atomic mass is 16.3. The lowest BCUT2D eigenvalue weighted by atomic mass is 9.97. The highest BCUT2D eigenvalue weighted by Crippen LogP contribution is 2.40. The van der Waals surface area contributed by atoms with Crippen molar-refractivity contribution in [3.05, 3.63) is 182 Å². The molecule has 3 heteroatoms. The van der Waals surface area contributed by atoms with Crippen molar-refractivity contribution >= 4 is 43.7 Å². The van der Waals surface area contributed by atoms with Gasteiger partial charge in [-0.3, -0.25) is 0 Å². The predicted octanol–water partition coefficient (Wildman–Crippen LogP) is 12.7. The van der Waals surface area contributed by atoms with E-state index < -0.39 is 0 Å². The largest absolute Gasteiger partial charge is 0.455 e. The Morgan fingerprint density at radius 1 is 0.380 bits per heavy atom. The van der Waals surface area contributed by atoms with Crippen molar-refractivity contribution < 1.29 is 4.42 Å². The summed E-state index contributed by atoms with van der Waals surface area (Å²) in [5, 5.41) is 4.64. The molecule has 50 heavy (non-hydrogen) atoms. The van der Waals surface area contributed by atoms with E-state index >= 15 is 0 Å². The Balaban J connectivity index is 1.18. The molecule has 0 saturated carbocycles. The number of hydrogen-bond donors (Lipinski definition) is 0. The third kappa shape index (κ3) is 4.63. The number of para-hydroxylation sites is 4. The third-order valence-corrected chi connectivity index (χ3v) is 9.81. The van der Waals surface area contributed by atoms with Crippen molar-refractivity contribution in [1.82, 2.24) is 9.55 Å². The molecule has 0 spiro atoms. The lowest BCUT2D eigenvalue weighted by molar-refractivity contribution is 0.670. The standard InChI is InChI=1S/C47H30N2O/c1-3-12-31(13-4-1)32-22-24-33(25-23-32)42-29-35(30-43(48-42)40-19-11-18-39-38-17-8-10-21-46(38)50-47(39)40)34-26-27-45-41(28-34)37-16-7-9-20-44(37)49(45)36-14-5-2-6-15-36/h1-30H. The molecule has 0 saturated heterocycles. The Bertz CT molecular complexity index is 2850. The summed E-state index contributed by atoms with van der Waals surface area (Å²) in [7, 11) is 0. The number of aromatic nitrogens is 2. The van der Waals surface area contributed by atoms with Crippen molar-refractivity contribution in [2.24, 2.45) is 0 Å². The van der Waals surface area contributed by atoms with Gasteiger partial charge in [-0.25, -0.2) is 4.98 Å². The van der Waals surface area contributed by atoms with Crippen LogP contribution in [0.1, 0.15) is 0 Å². The molecule has 0 aliphatic carbocycles. The summed E-state index contributed by atoms with van der Waals surface area (Å²) in [5.74, 6) is 0. The van der Waals surface area contributed by atoms with E-state index in [1.54, 1.807) is 0 Å². The zero-order chi connectivity index (χ0) is 33.0. The topological polar surface area (TPSA) is 31.0 Å². The molecule has 0 bridgehead atoms. The molecular formula is C47H30N2O. The van der Waals surface area contributed by atoms with Crippen LogP contribution in [0, 0.1) is 0 Å². The lowest BCUT2D eigenvalue weighted by Gasteiger charge is -2.12. The number of benzene rings is 7. The van der Waals surface area contributed by atoms with Crippen LogP contribution >= 0.6 is 0 Å². The van der Waals surface area contributed by atoms with Crippen molar-refractivity contribution in [2.75, 3.05) is 0 Å². The molecule has 0 atom stereocenters. The van der Waals surface area contributed by atoms with Crippen LogP contribution in [-0.2, 0) is 0 Å². The molecule has 0 unspecified atom stereocenters. The molecule has 3 nitrogen and oxygen atoms in total. The maximum Gasteiger partial charge on any atom is 0.144 e. The van der Waals surface area contributed by atoms with Gasteiger partial charge in [-0.05, 0) is 76.9 Å². The minimum atomic E-state index is 0.852. The fourth-order valence-electron chi connectivity index (χ4n) is 7.40. The van der Waals surface area contributed by atoms with Gasteiger partial charge in [0.15, 0.2) is 0 Å². The van der Waals surface area contributed by atoms with Gasteiger partial charge in [-0.1, -0.05) is 127 Å². The Labute approximate surface area is 289 Å². The van der Waals surface area contributed by atoms with Crippen molar-refractivity contribution in [3.8, 4) is 50.5 Å². The van der Waals surface area contributed by atoms with Crippen LogP contribution in [0.4, 0.5) is 0 Å². The van der Waals surface area contributed by atoms with Crippen LogP contribution in [0.5, 0.6) is 0 Å². The summed E-state index contributed by atoms with van der Waals surface area (Å²) in [4.78, 5) is 5.31. The first-order valence-corrected chi connectivity index (χ1v) is 17.0. The summed E-state index contributed by atoms with van der Waals surface area (Å²) in [5.41, 5.74) is 13.7. The van der Waals surface area contributed by atoms with E-state index in [2.05, 4.69) is 168 Å². The van der Waals surface area contributed by atoms with Crippen LogP contribution in [0.2, 0.25) is 0 Å². The first kappa shape index (κ1) is 28.3. The van der Waals surface area contributed by atoms with Gasteiger partial charge in [0.1, 0.15) is 11.2 Å². The van der Waals surface area contributed by atoms with Gasteiger partial charge in [-0.2, -0.15) is 0 Å². The van der Waals surface area contributed by atoms with E-state index in [4.69, 9.17) is 9.40 Å². The number of hydrogen-bond acceptors (Lipinski definition) is 2. The quantitative estimate of drug-likeness (QED) is 0.188. The first-order valence-electron chi connectivity index (χ1n) is 17.0. The van der Waals surface area contributed by atoms with Gasteiger partial charge in [-0.15, -0.1) is 0 Å². The lowest BCUT2D eigenvalue weighted by Crippen LogP contribution is -1.93. The van der Waals surface area contributed by atoms with E-state index in [0.717, 1.165) is 61.3 Å². The average molecular weight is 639 g/mol. The molecule has 234 valence electrons. The Morgan fingerprint density at radius 2 is 1.00 bits per heavy atom. The summed E-state index contributed by atoms with van der Waals surface area (Å²) in [6.07, 6.45) is 0. The van der Waals surface area contributed by atoms with Crippen molar-refractivity contribution in [1.29, 1.82) is 0 Å². The monoisotopic (exact) mass is 638 g/mol. The SMILES string of the molecule is c1ccc(-c2ccc(-c3cc(-c4ccc5c(c4)c4ccccc4n5-c4ccccc4)cc(-c4cccc5c4oc4ccccc45)n3)cc2)cc1. The fraction of sp³-hybridized carbons (Fsp3) is 0. The number of nitrogens with zero attached hydrogens (tertiary/aromatic N) is 2. The van der Waals surface area contributed by atoms with E-state index in [0.29, 0.717) is 0 Å². The zero-order valence-electron chi connectivity index (χ0n) is 27.1. The number of pyridine rings is 1. The molecular weight excluding hydrogens is 609 g/mol. The van der Waals surface area contributed by atoms with Gasteiger partial charge in [0, 0.05) is 38.4 Å². The van der Waals surface area contributed by atoms with Crippen LogP contribution in [0.3, 0.4) is 0 Å². The van der Waals surface area contributed by atoms with Crippen molar-refractivity contribution in [3.63, 3.8) is 0 Å². The van der Waals surface area contributed by atoms with Crippen LogP contribution < -0.4 is 0 Å². The first-order chi connectivity index (χ1) is 24.8. The highest BCUT2D eigenvalue weighted by molar-refractivity contribution is 6.11. The average Bonchev–Trinajstić information content (AvgIpc) is 3.74. The Kier molecular flexibility index (Phi) is 6.49. The summed E-state index contributed by atoms with van der Waals surface area (Å²) >= 11 is 0. The predicted molar refractivity (Wildman–Crippen MR) is 208 cm³/mol. The zero-order valence-corrected chi connectivity index (χ0v) is 27.1. The second-order valence-electron chi connectivity index (χ2n) is 12.8. The van der Waals surface area contributed by atoms with E-state index in [1.165, 1.54) is 32.9 Å². The van der Waals surface area contributed by atoms with Crippen LogP contribution in [0.15, 0.2) is 186 Å². The van der Waals surface area contributed by atoms with E-state index in [-0.39, 0.29) is 0 Å². The second kappa shape index (κ2) is 11.5. The number of furan rings is 1. The summed E-state index contributed by atoms with van der Waals surface area (Å²) in [6.45, 7) is 0. The van der Waals surface area contributed by atoms with Crippen molar-refractivity contribution in [2.45, 2.75) is 0 Å². The van der Waals surface area contributed by atoms with E-state index in [1.807, 2.05) is 18.2 Å². The number of fused-ring (bicyclic) bond motifs is 6. The molecule has 0 fully saturated rings. The molecule has 3 aromatic heterocycles. The maximum absolute atomic E-state index is 6.50. The van der Waals surface area contributed by atoms with Crippen LogP contribution in [-0.4, -0.2) is 9.55 Å². The Morgan fingerprint density at radius 3 is 1.84 bits per heavy atom. The van der Waals surface area contributed by atoms with Gasteiger partial charge >= 0.3 is 0 Å². The summed E-state index contributed by atoms with van der Waals surface area (Å²) < 4.78 is 8.86. The van der Waals surface area contributed by atoms with Crippen LogP contribution in [0.25, 0.3) is 94.2 Å². The van der Waals surface area contributed by atoms with Gasteiger partial charge in [0.25, 0.3) is 0 Å². The molecule has 0 N–H and O–H groups in total. The van der Waals surface area contributed by atoms with Gasteiger partial charge < -0.3 is 8.98 Å². The molecule has 0 amide bonds. The number of rotatable bonds is 5. The second-order valence-corrected chi connectivity index (χ2v) is 12.8. The molecule has 10 rings (SSSR count). The molecule has 7 aromatic carbocycles. The molecule has 0 aliphatic rings. The minimum absolute atomic E-state index is 0.852.